The number of nitrogens with zero attached hydrogens (tertiary/aromatic N) is 2. The van der Waals surface area contributed by atoms with E-state index in [-0.39, 0.29) is 0 Å². The van der Waals surface area contributed by atoms with Crippen molar-refractivity contribution in [3.05, 3.63) is 34.1 Å². The van der Waals surface area contributed by atoms with Gasteiger partial charge in [0.15, 0.2) is 0 Å². The van der Waals surface area contributed by atoms with E-state index in [4.69, 9.17) is 4.52 Å². The summed E-state index contributed by atoms with van der Waals surface area (Å²) in [5.74, 6) is 1.32. The Morgan fingerprint density at radius 1 is 1.41 bits per heavy atom. The topological polar surface area (TPSA) is 51.0 Å². The second-order valence-electron chi connectivity index (χ2n) is 3.82. The van der Waals surface area contributed by atoms with Crippen molar-refractivity contribution in [1.29, 1.82) is 0 Å². The van der Waals surface area contributed by atoms with Gasteiger partial charge in [0.1, 0.15) is 0 Å². The molecule has 0 bridgehead atoms. The lowest BCUT2D eigenvalue weighted by Crippen LogP contribution is -2.10. The zero-order chi connectivity index (χ0) is 12.3. The molecule has 0 fully saturated rings. The first kappa shape index (κ1) is 12.3. The summed E-state index contributed by atoms with van der Waals surface area (Å²) in [7, 11) is 1.90. The normalized spacial score (nSPS) is 10.8. The van der Waals surface area contributed by atoms with Gasteiger partial charge in [0.2, 0.25) is 11.7 Å². The first-order valence-corrected chi connectivity index (χ1v) is 6.23. The highest BCUT2D eigenvalue weighted by Crippen LogP contribution is 2.23. The van der Waals surface area contributed by atoms with Gasteiger partial charge in [-0.25, -0.2) is 0 Å². The molecule has 1 N–H and O–H groups in total. The van der Waals surface area contributed by atoms with Crippen molar-refractivity contribution in [1.82, 2.24) is 15.5 Å². The van der Waals surface area contributed by atoms with Crippen LogP contribution in [0.4, 0.5) is 0 Å². The first-order chi connectivity index (χ1) is 8.20. The molecule has 2 aromatic rings. The van der Waals surface area contributed by atoms with E-state index >= 15 is 0 Å². The maximum Gasteiger partial charge on any atom is 0.228 e. The summed E-state index contributed by atoms with van der Waals surface area (Å²) in [5.41, 5.74) is 2.13. The van der Waals surface area contributed by atoms with Crippen molar-refractivity contribution in [3.63, 3.8) is 0 Å². The van der Waals surface area contributed by atoms with E-state index in [0.717, 1.165) is 28.6 Å². The molecular formula is C12H14BrN3O. The fourth-order valence-electron chi connectivity index (χ4n) is 1.58. The highest BCUT2D eigenvalue weighted by atomic mass is 79.9. The summed E-state index contributed by atoms with van der Waals surface area (Å²) in [6.07, 6.45) is 0.749. The third-order valence-corrected chi connectivity index (χ3v) is 2.98. The SMILES string of the molecule is CNCCc1nc(-c2ccc(Br)cc2C)no1. The van der Waals surface area contributed by atoms with Crippen LogP contribution >= 0.6 is 15.9 Å². The summed E-state index contributed by atoms with van der Waals surface area (Å²) in [6.45, 7) is 2.87. The molecule has 0 aliphatic heterocycles. The Morgan fingerprint density at radius 3 is 2.94 bits per heavy atom. The fraction of sp³-hybridized carbons (Fsp3) is 0.333. The van der Waals surface area contributed by atoms with Gasteiger partial charge in [-0.05, 0) is 37.7 Å². The lowest BCUT2D eigenvalue weighted by Gasteiger charge is -2.00. The molecule has 1 heterocycles. The number of halogens is 1. The van der Waals surface area contributed by atoms with Gasteiger partial charge in [0.05, 0.1) is 0 Å². The Kier molecular flexibility index (Phi) is 3.91. The van der Waals surface area contributed by atoms with E-state index in [0.29, 0.717) is 11.7 Å². The molecule has 0 aliphatic carbocycles. The predicted molar refractivity (Wildman–Crippen MR) is 69.8 cm³/mol. The Labute approximate surface area is 109 Å². The second kappa shape index (κ2) is 5.42. The summed E-state index contributed by atoms with van der Waals surface area (Å²) in [4.78, 5) is 4.38. The third-order valence-electron chi connectivity index (χ3n) is 2.49. The van der Waals surface area contributed by atoms with Crippen LogP contribution in [-0.2, 0) is 6.42 Å². The van der Waals surface area contributed by atoms with Crippen molar-refractivity contribution in [3.8, 4) is 11.4 Å². The molecule has 1 aromatic carbocycles. The maximum absolute atomic E-state index is 5.19. The van der Waals surface area contributed by atoms with Crippen LogP contribution in [0.25, 0.3) is 11.4 Å². The molecule has 0 radical (unpaired) electrons. The minimum absolute atomic E-state index is 0.654. The molecule has 0 aliphatic rings. The summed E-state index contributed by atoms with van der Waals surface area (Å²) >= 11 is 3.44. The lowest BCUT2D eigenvalue weighted by atomic mass is 10.1. The van der Waals surface area contributed by atoms with Crippen LogP contribution in [0.3, 0.4) is 0 Å². The fourth-order valence-corrected chi connectivity index (χ4v) is 2.05. The number of nitrogens with one attached hydrogen (secondary N) is 1. The van der Waals surface area contributed by atoms with E-state index in [1.807, 2.05) is 32.2 Å². The highest BCUT2D eigenvalue weighted by Gasteiger charge is 2.10. The number of aromatic nitrogens is 2. The molecule has 0 spiro atoms. The molecule has 1 aromatic heterocycles. The van der Waals surface area contributed by atoms with E-state index in [1.54, 1.807) is 0 Å². The number of hydrogen-bond acceptors (Lipinski definition) is 4. The molecule has 5 heteroatoms. The van der Waals surface area contributed by atoms with Gasteiger partial charge in [-0.3, -0.25) is 0 Å². The second-order valence-corrected chi connectivity index (χ2v) is 4.74. The van der Waals surface area contributed by atoms with Crippen LogP contribution in [0.5, 0.6) is 0 Å². The Bertz CT molecular complexity index is 510. The van der Waals surface area contributed by atoms with Gasteiger partial charge in [-0.2, -0.15) is 4.98 Å². The minimum atomic E-state index is 0.654. The predicted octanol–water partition coefficient (Wildman–Crippen LogP) is 2.57. The van der Waals surface area contributed by atoms with Crippen LogP contribution < -0.4 is 5.32 Å². The highest BCUT2D eigenvalue weighted by molar-refractivity contribution is 9.10. The smallest absolute Gasteiger partial charge is 0.228 e. The zero-order valence-electron chi connectivity index (χ0n) is 9.83. The van der Waals surface area contributed by atoms with Crippen LogP contribution in [-0.4, -0.2) is 23.7 Å². The number of aryl methyl sites for hydroxylation is 1. The standard InChI is InChI=1S/C12H14BrN3O/c1-8-7-9(13)3-4-10(8)12-15-11(17-16-12)5-6-14-2/h3-4,7,14H,5-6H2,1-2H3. The molecule has 17 heavy (non-hydrogen) atoms. The average Bonchev–Trinajstić information content (AvgIpc) is 2.75. The molecule has 0 saturated carbocycles. The molecule has 90 valence electrons. The van der Waals surface area contributed by atoms with Gasteiger partial charge in [-0.1, -0.05) is 21.1 Å². The van der Waals surface area contributed by atoms with Crippen molar-refractivity contribution < 1.29 is 4.52 Å². The Morgan fingerprint density at radius 2 is 2.24 bits per heavy atom. The quantitative estimate of drug-likeness (QED) is 0.942. The molecule has 0 atom stereocenters. The first-order valence-electron chi connectivity index (χ1n) is 5.44. The third kappa shape index (κ3) is 2.92. The van der Waals surface area contributed by atoms with Crippen LogP contribution in [0.2, 0.25) is 0 Å². The molecule has 0 unspecified atom stereocenters. The van der Waals surface area contributed by atoms with Crippen LogP contribution in [0.15, 0.2) is 27.2 Å². The maximum atomic E-state index is 5.19. The molecule has 0 saturated heterocycles. The minimum Gasteiger partial charge on any atom is -0.339 e. The average molecular weight is 296 g/mol. The van der Waals surface area contributed by atoms with Gasteiger partial charge in [-0.15, -0.1) is 0 Å². The van der Waals surface area contributed by atoms with E-state index in [9.17, 15) is 0 Å². The van der Waals surface area contributed by atoms with Gasteiger partial charge in [0.25, 0.3) is 0 Å². The zero-order valence-corrected chi connectivity index (χ0v) is 11.4. The van der Waals surface area contributed by atoms with E-state index < -0.39 is 0 Å². The largest absolute Gasteiger partial charge is 0.339 e. The van der Waals surface area contributed by atoms with Crippen LogP contribution in [0.1, 0.15) is 11.5 Å². The van der Waals surface area contributed by atoms with Crippen molar-refractivity contribution in [2.24, 2.45) is 0 Å². The molecule has 4 nitrogen and oxygen atoms in total. The van der Waals surface area contributed by atoms with E-state index in [2.05, 4.69) is 31.4 Å². The van der Waals surface area contributed by atoms with E-state index in [1.165, 1.54) is 0 Å². The lowest BCUT2D eigenvalue weighted by molar-refractivity contribution is 0.377. The summed E-state index contributed by atoms with van der Waals surface area (Å²) in [5, 5.41) is 7.05. The Hall–Kier alpha value is -1.20. The number of rotatable bonds is 4. The van der Waals surface area contributed by atoms with Gasteiger partial charge in [0, 0.05) is 23.0 Å². The van der Waals surface area contributed by atoms with Crippen molar-refractivity contribution in [2.75, 3.05) is 13.6 Å². The molecular weight excluding hydrogens is 282 g/mol. The van der Waals surface area contributed by atoms with Crippen LogP contribution in [0, 0.1) is 6.92 Å². The molecule has 2 rings (SSSR count). The molecule has 0 amide bonds. The van der Waals surface area contributed by atoms with Gasteiger partial charge >= 0.3 is 0 Å². The van der Waals surface area contributed by atoms with Crippen molar-refractivity contribution >= 4 is 15.9 Å². The summed E-state index contributed by atoms with van der Waals surface area (Å²) < 4.78 is 6.25. The van der Waals surface area contributed by atoms with Crippen molar-refractivity contribution in [2.45, 2.75) is 13.3 Å². The van der Waals surface area contributed by atoms with Gasteiger partial charge < -0.3 is 9.84 Å². The Balaban J connectivity index is 2.24. The monoisotopic (exact) mass is 295 g/mol. The summed E-state index contributed by atoms with van der Waals surface area (Å²) in [6, 6.07) is 6.01. The number of benzene rings is 1. The number of hydrogen-bond donors (Lipinski definition) is 1. The number of likely N-dealkylation sites (N-methyl/N-ethyl adjacent to an activating group) is 1.